The molecule has 10 nitrogen and oxygen atoms in total. The number of hydrogen-bond acceptors (Lipinski definition) is 9. The number of hydrogen-bond donors (Lipinski definition) is 2. The maximum absolute atomic E-state index is 14.3. The Morgan fingerprint density at radius 3 is 2.90 bits per heavy atom. The van der Waals surface area contributed by atoms with Crippen LogP contribution in [-0.2, 0) is 20.7 Å². The summed E-state index contributed by atoms with van der Waals surface area (Å²) < 4.78 is 12.8. The number of ether oxygens (including phenoxy) is 2. The number of nitrogens with one attached hydrogen (secondary N) is 2. The lowest BCUT2D eigenvalue weighted by Gasteiger charge is -2.53. The maximum Gasteiger partial charge on any atom is 0.246 e. The van der Waals surface area contributed by atoms with Gasteiger partial charge in [-0.25, -0.2) is 0 Å². The zero-order valence-electron chi connectivity index (χ0n) is 23.6. The zero-order valence-corrected chi connectivity index (χ0v) is 24.3. The van der Waals surface area contributed by atoms with Gasteiger partial charge in [-0.3, -0.25) is 25.1 Å². The molecule has 1 aromatic carbocycles. The first-order chi connectivity index (χ1) is 19.8. The lowest BCUT2D eigenvalue weighted by molar-refractivity contribution is -0.157. The average molecular weight is 583 g/mol. The molecule has 4 heterocycles. The fraction of sp³-hybridized carbons (Fsp3) is 0.633. The quantitative estimate of drug-likeness (QED) is 0.486. The molecule has 11 heteroatoms. The molecule has 41 heavy (non-hydrogen) atoms. The second-order valence-corrected chi connectivity index (χ2v) is 12.5. The van der Waals surface area contributed by atoms with E-state index in [9.17, 15) is 14.9 Å². The molecule has 2 N–H and O–H groups in total. The van der Waals surface area contributed by atoms with Crippen molar-refractivity contribution in [3.05, 3.63) is 41.4 Å². The number of likely N-dealkylation sites (N-methyl/N-ethyl adjacent to an activating group) is 1. The van der Waals surface area contributed by atoms with E-state index >= 15 is 0 Å². The molecule has 0 bridgehead atoms. The highest BCUT2D eigenvalue weighted by atomic mass is 35.5. The molecular formula is C30H39ClN6O4. The Morgan fingerprint density at radius 1 is 1.29 bits per heavy atom. The Bertz CT molecular complexity index is 1240. The fourth-order valence-electron chi connectivity index (χ4n) is 7.49. The maximum atomic E-state index is 14.3. The molecule has 0 aromatic heterocycles. The smallest absolute Gasteiger partial charge is 0.246 e. The average Bonchev–Trinajstić information content (AvgIpc) is 3.56. The number of piperazine rings is 1. The summed E-state index contributed by atoms with van der Waals surface area (Å²) in [5, 5.41) is 17.3. The van der Waals surface area contributed by atoms with Crippen LogP contribution in [0, 0.1) is 17.2 Å². The SMILES string of the molecule is C=CC(=O)N1CCN(C2NC(OCC3CCCN3C)NC3C(=O)[C@@]4(CCC32)Cc2ccc(Cl)cc2O4)CC1CC#N. The van der Waals surface area contributed by atoms with Gasteiger partial charge in [0.1, 0.15) is 5.75 Å². The molecule has 6 rings (SSSR count). The third kappa shape index (κ3) is 5.40. The van der Waals surface area contributed by atoms with Crippen molar-refractivity contribution in [2.24, 2.45) is 5.92 Å². The number of likely N-dealkylation sites (tertiary alicyclic amines) is 1. The van der Waals surface area contributed by atoms with E-state index in [2.05, 4.69) is 40.1 Å². The van der Waals surface area contributed by atoms with Gasteiger partial charge in [-0.05, 0) is 63.0 Å². The Morgan fingerprint density at radius 2 is 2.15 bits per heavy atom. The van der Waals surface area contributed by atoms with Crippen molar-refractivity contribution in [2.45, 2.75) is 74.8 Å². The lowest BCUT2D eigenvalue weighted by atomic mass is 9.70. The summed E-state index contributed by atoms with van der Waals surface area (Å²) in [6, 6.07) is 7.47. The summed E-state index contributed by atoms with van der Waals surface area (Å²) in [6.45, 7) is 6.91. The van der Waals surface area contributed by atoms with Crippen LogP contribution in [0.1, 0.15) is 37.7 Å². The van der Waals surface area contributed by atoms with Gasteiger partial charge in [0, 0.05) is 43.0 Å². The summed E-state index contributed by atoms with van der Waals surface area (Å²) in [5.74, 6) is 0.556. The topological polar surface area (TPSA) is 110 Å². The van der Waals surface area contributed by atoms with Crippen LogP contribution in [0.4, 0.5) is 0 Å². The van der Waals surface area contributed by atoms with Crippen molar-refractivity contribution in [3.63, 3.8) is 0 Å². The van der Waals surface area contributed by atoms with Gasteiger partial charge in [-0.15, -0.1) is 0 Å². The van der Waals surface area contributed by atoms with Crippen LogP contribution in [0.15, 0.2) is 30.9 Å². The number of Topliss-reactive ketones (excluding diaryl/α,β-unsaturated/α-hetero) is 1. The summed E-state index contributed by atoms with van der Waals surface area (Å²) >= 11 is 6.23. The Balaban J connectivity index is 1.24. The highest BCUT2D eigenvalue weighted by Gasteiger charge is 2.57. The minimum absolute atomic E-state index is 0.0255. The Labute approximate surface area is 246 Å². The molecular weight excluding hydrogens is 544 g/mol. The summed E-state index contributed by atoms with van der Waals surface area (Å²) in [5.41, 5.74) is 0.0867. The molecule has 1 saturated carbocycles. The van der Waals surface area contributed by atoms with Gasteiger partial charge >= 0.3 is 0 Å². The van der Waals surface area contributed by atoms with Crippen molar-refractivity contribution >= 4 is 23.3 Å². The van der Waals surface area contributed by atoms with Crippen LogP contribution in [0.5, 0.6) is 5.75 Å². The predicted molar refractivity (Wildman–Crippen MR) is 153 cm³/mol. The van der Waals surface area contributed by atoms with E-state index < -0.39 is 18.0 Å². The van der Waals surface area contributed by atoms with Crippen molar-refractivity contribution in [2.75, 3.05) is 39.8 Å². The summed E-state index contributed by atoms with van der Waals surface area (Å²) in [7, 11) is 2.12. The van der Waals surface area contributed by atoms with Crippen molar-refractivity contribution in [1.82, 2.24) is 25.3 Å². The van der Waals surface area contributed by atoms with E-state index in [-0.39, 0.29) is 36.2 Å². The number of carbonyl (C=O) groups is 2. The lowest BCUT2D eigenvalue weighted by Crippen LogP contribution is -2.75. The first-order valence-corrected chi connectivity index (χ1v) is 15.1. The number of benzene rings is 1. The number of rotatable bonds is 6. The molecule has 7 atom stereocenters. The van der Waals surface area contributed by atoms with E-state index in [4.69, 9.17) is 21.1 Å². The van der Waals surface area contributed by atoms with Gasteiger partial charge in [0.15, 0.2) is 17.7 Å². The normalized spacial score (nSPS) is 35.5. The number of nitriles is 1. The summed E-state index contributed by atoms with van der Waals surface area (Å²) in [4.78, 5) is 33.2. The third-order valence-corrected chi connectivity index (χ3v) is 9.96. The van der Waals surface area contributed by atoms with Gasteiger partial charge in [0.2, 0.25) is 5.91 Å². The highest BCUT2D eigenvalue weighted by molar-refractivity contribution is 6.30. The van der Waals surface area contributed by atoms with Crippen LogP contribution in [0.25, 0.3) is 0 Å². The Hall–Kier alpha value is -2.52. The van der Waals surface area contributed by atoms with Crippen LogP contribution in [-0.4, -0.2) is 102 Å². The molecule has 3 saturated heterocycles. The molecule has 1 amide bonds. The predicted octanol–water partition coefficient (Wildman–Crippen LogP) is 1.89. The van der Waals surface area contributed by atoms with E-state index in [0.29, 0.717) is 55.9 Å². The molecule has 0 radical (unpaired) electrons. The zero-order chi connectivity index (χ0) is 28.7. The van der Waals surface area contributed by atoms with E-state index in [1.54, 1.807) is 11.0 Å². The first kappa shape index (κ1) is 28.6. The number of carbonyl (C=O) groups excluding carboxylic acids is 2. The van der Waals surface area contributed by atoms with E-state index in [1.165, 1.54) is 6.08 Å². The first-order valence-electron chi connectivity index (χ1n) is 14.7. The number of ketones is 1. The van der Waals surface area contributed by atoms with Crippen molar-refractivity contribution in [1.29, 1.82) is 5.26 Å². The number of fused-ring (bicyclic) bond motifs is 2. The minimum Gasteiger partial charge on any atom is -0.479 e. The van der Waals surface area contributed by atoms with Crippen molar-refractivity contribution < 1.29 is 19.1 Å². The number of nitrogens with zero attached hydrogens (tertiary/aromatic N) is 4. The molecule has 6 unspecified atom stereocenters. The van der Waals surface area contributed by atoms with E-state index in [0.717, 1.165) is 31.4 Å². The highest BCUT2D eigenvalue weighted by Crippen LogP contribution is 2.45. The third-order valence-electron chi connectivity index (χ3n) is 9.73. The Kier molecular flexibility index (Phi) is 8.11. The molecule has 4 fully saturated rings. The van der Waals surface area contributed by atoms with E-state index in [1.807, 2.05) is 12.1 Å². The molecule has 1 aliphatic carbocycles. The molecule has 4 aliphatic heterocycles. The van der Waals surface area contributed by atoms with Gasteiger partial charge in [-0.2, -0.15) is 5.26 Å². The van der Waals surface area contributed by atoms with Crippen LogP contribution in [0.2, 0.25) is 5.02 Å². The second kappa shape index (κ2) is 11.6. The van der Waals surface area contributed by atoms with Gasteiger partial charge in [0.25, 0.3) is 0 Å². The number of amides is 1. The van der Waals surface area contributed by atoms with Gasteiger partial charge in [-0.1, -0.05) is 24.2 Å². The van der Waals surface area contributed by atoms with Crippen LogP contribution in [0.3, 0.4) is 0 Å². The molecule has 5 aliphatic rings. The summed E-state index contributed by atoms with van der Waals surface area (Å²) in [6.07, 6.45) is 5.03. The molecule has 1 aromatic rings. The number of halogens is 1. The molecule has 1 spiro atoms. The fourth-order valence-corrected chi connectivity index (χ4v) is 7.65. The van der Waals surface area contributed by atoms with Gasteiger partial charge in [0.05, 0.1) is 37.3 Å². The minimum atomic E-state index is -0.919. The van der Waals surface area contributed by atoms with Crippen molar-refractivity contribution in [3.8, 4) is 11.8 Å². The molecule has 220 valence electrons. The monoisotopic (exact) mass is 582 g/mol. The second-order valence-electron chi connectivity index (χ2n) is 12.1. The van der Waals surface area contributed by atoms with Gasteiger partial charge < -0.3 is 19.3 Å². The largest absolute Gasteiger partial charge is 0.479 e. The van der Waals surface area contributed by atoms with Crippen LogP contribution < -0.4 is 15.4 Å². The van der Waals surface area contributed by atoms with Crippen LogP contribution >= 0.6 is 11.6 Å². The standard InChI is InChI=1S/C30H39ClN6O4/c1-3-25(38)37-14-13-36(17-21(37)9-11-32)28-23-8-10-30(16-19-6-7-20(31)15-24(19)41-30)27(39)26(23)33-29(34-28)40-18-22-5-4-12-35(22)2/h3,6-7,15,21-23,26,28-29,33-34H,1,4-5,8-10,12-14,16-18H2,2H3/t21?,22?,23?,26?,28?,29?,30-/m1/s1.